The lowest BCUT2D eigenvalue weighted by atomic mass is 10.1. The van der Waals surface area contributed by atoms with Crippen LogP contribution in [0.25, 0.3) is 0 Å². The average molecular weight is 357 g/mol. The summed E-state index contributed by atoms with van der Waals surface area (Å²) < 4.78 is 0. The standard InChI is InChI=1S/C21H24OS2/c1-3-11-19(21(22)24-18-15-9-6-10-16-18)20(12-4-2)23-17-13-7-5-8-14-17/h5-10,13-16H,3-4,11-12H2,1-2H3/b20-19+. The molecule has 24 heavy (non-hydrogen) atoms. The Morgan fingerprint density at radius 3 is 1.75 bits per heavy atom. The number of benzene rings is 2. The summed E-state index contributed by atoms with van der Waals surface area (Å²) in [4.78, 5) is 16.3. The van der Waals surface area contributed by atoms with Crippen LogP contribution < -0.4 is 0 Å². The van der Waals surface area contributed by atoms with E-state index in [0.29, 0.717) is 0 Å². The van der Waals surface area contributed by atoms with Gasteiger partial charge < -0.3 is 0 Å². The molecular weight excluding hydrogens is 332 g/mol. The van der Waals surface area contributed by atoms with Crippen molar-refractivity contribution in [1.82, 2.24) is 0 Å². The van der Waals surface area contributed by atoms with Crippen LogP contribution in [-0.2, 0) is 4.79 Å². The van der Waals surface area contributed by atoms with E-state index in [2.05, 4.69) is 26.0 Å². The Morgan fingerprint density at radius 1 is 0.750 bits per heavy atom. The minimum Gasteiger partial charge on any atom is -0.282 e. The van der Waals surface area contributed by atoms with E-state index in [-0.39, 0.29) is 5.12 Å². The van der Waals surface area contributed by atoms with Gasteiger partial charge in [-0.15, -0.1) is 0 Å². The van der Waals surface area contributed by atoms with Gasteiger partial charge in [0.25, 0.3) is 0 Å². The molecule has 0 aliphatic heterocycles. The molecule has 0 heterocycles. The van der Waals surface area contributed by atoms with Gasteiger partial charge in [0.1, 0.15) is 0 Å². The summed E-state index contributed by atoms with van der Waals surface area (Å²) in [5.41, 5.74) is 0.988. The Morgan fingerprint density at radius 2 is 1.25 bits per heavy atom. The van der Waals surface area contributed by atoms with Gasteiger partial charge in [-0.05, 0) is 53.8 Å². The molecule has 0 N–H and O–H groups in total. The number of hydrogen-bond donors (Lipinski definition) is 0. The van der Waals surface area contributed by atoms with Crippen molar-refractivity contribution >= 4 is 28.6 Å². The number of carbonyl (C=O) groups excluding carboxylic acids is 1. The summed E-state index contributed by atoms with van der Waals surface area (Å²) in [7, 11) is 0. The molecule has 2 aromatic rings. The van der Waals surface area contributed by atoms with Crippen LogP contribution in [0.1, 0.15) is 39.5 Å². The predicted molar refractivity (Wildman–Crippen MR) is 106 cm³/mol. The second-order valence-corrected chi connectivity index (χ2v) is 7.73. The third-order valence-corrected chi connectivity index (χ3v) is 5.64. The second kappa shape index (κ2) is 10.4. The summed E-state index contributed by atoms with van der Waals surface area (Å²) in [5.74, 6) is 0. The molecular formula is C21H24OS2. The van der Waals surface area contributed by atoms with Gasteiger partial charge in [0.2, 0.25) is 5.12 Å². The smallest absolute Gasteiger partial charge is 0.220 e. The van der Waals surface area contributed by atoms with Crippen LogP contribution >= 0.6 is 23.5 Å². The zero-order valence-electron chi connectivity index (χ0n) is 14.3. The van der Waals surface area contributed by atoms with Crippen molar-refractivity contribution in [3.05, 3.63) is 71.1 Å². The fraction of sp³-hybridized carbons (Fsp3) is 0.286. The predicted octanol–water partition coefficient (Wildman–Crippen LogP) is 6.95. The molecule has 0 bridgehead atoms. The van der Waals surface area contributed by atoms with Crippen LogP contribution in [0.4, 0.5) is 0 Å². The Balaban J connectivity index is 2.27. The molecule has 0 aromatic heterocycles. The largest absolute Gasteiger partial charge is 0.282 e. The Labute approximate surface area is 153 Å². The third kappa shape index (κ3) is 5.88. The van der Waals surface area contributed by atoms with E-state index in [0.717, 1.165) is 36.2 Å². The van der Waals surface area contributed by atoms with Crippen molar-refractivity contribution in [3.8, 4) is 0 Å². The zero-order chi connectivity index (χ0) is 17.2. The zero-order valence-corrected chi connectivity index (χ0v) is 16.0. The summed E-state index contributed by atoms with van der Waals surface area (Å²) in [6.07, 6.45) is 3.83. The molecule has 0 atom stereocenters. The fourth-order valence-electron chi connectivity index (χ4n) is 2.38. The lowest BCUT2D eigenvalue weighted by Gasteiger charge is -2.13. The highest BCUT2D eigenvalue weighted by Crippen LogP contribution is 2.36. The summed E-state index contributed by atoms with van der Waals surface area (Å²) in [5, 5.41) is 0.190. The lowest BCUT2D eigenvalue weighted by molar-refractivity contribution is -0.108. The van der Waals surface area contributed by atoms with E-state index in [1.54, 1.807) is 11.8 Å². The quantitative estimate of drug-likeness (QED) is 0.376. The van der Waals surface area contributed by atoms with E-state index < -0.39 is 0 Å². The average Bonchev–Trinajstić information content (AvgIpc) is 2.61. The van der Waals surface area contributed by atoms with Gasteiger partial charge in [0, 0.05) is 15.4 Å². The highest BCUT2D eigenvalue weighted by molar-refractivity contribution is 8.14. The molecule has 0 fully saturated rings. The molecule has 1 nitrogen and oxygen atoms in total. The molecule has 0 aliphatic carbocycles. The highest BCUT2D eigenvalue weighted by atomic mass is 32.2. The Hall–Kier alpha value is -1.45. The first-order chi connectivity index (χ1) is 11.7. The van der Waals surface area contributed by atoms with E-state index in [4.69, 9.17) is 0 Å². The molecule has 0 saturated carbocycles. The van der Waals surface area contributed by atoms with E-state index in [1.807, 2.05) is 48.5 Å². The highest BCUT2D eigenvalue weighted by Gasteiger charge is 2.17. The minimum atomic E-state index is 0.190. The van der Waals surface area contributed by atoms with Crippen molar-refractivity contribution in [1.29, 1.82) is 0 Å². The number of hydrogen-bond acceptors (Lipinski definition) is 3. The fourth-order valence-corrected chi connectivity index (χ4v) is 4.51. The maximum absolute atomic E-state index is 12.9. The van der Waals surface area contributed by atoms with Crippen LogP contribution in [-0.4, -0.2) is 5.12 Å². The van der Waals surface area contributed by atoms with Crippen molar-refractivity contribution < 1.29 is 4.79 Å². The van der Waals surface area contributed by atoms with Crippen LogP contribution in [0.3, 0.4) is 0 Å². The lowest BCUT2D eigenvalue weighted by Crippen LogP contribution is -2.01. The monoisotopic (exact) mass is 356 g/mol. The number of carbonyl (C=O) groups is 1. The van der Waals surface area contributed by atoms with Gasteiger partial charge in [-0.3, -0.25) is 4.79 Å². The summed E-state index contributed by atoms with van der Waals surface area (Å²) in [6, 6.07) is 20.3. The first-order valence-electron chi connectivity index (χ1n) is 8.46. The normalized spacial score (nSPS) is 11.9. The molecule has 0 unspecified atom stereocenters. The Bertz CT molecular complexity index is 663. The van der Waals surface area contributed by atoms with Gasteiger partial charge in [0.15, 0.2) is 0 Å². The first-order valence-corrected chi connectivity index (χ1v) is 10.1. The Kier molecular flexibility index (Phi) is 8.20. The summed E-state index contributed by atoms with van der Waals surface area (Å²) >= 11 is 3.09. The third-order valence-electron chi connectivity index (χ3n) is 3.50. The maximum atomic E-state index is 12.9. The first kappa shape index (κ1) is 18.9. The van der Waals surface area contributed by atoms with Gasteiger partial charge in [-0.2, -0.15) is 0 Å². The van der Waals surface area contributed by atoms with Crippen LogP contribution in [0.15, 0.2) is 80.9 Å². The van der Waals surface area contributed by atoms with Gasteiger partial charge in [0.05, 0.1) is 0 Å². The molecule has 2 rings (SSSR count). The van der Waals surface area contributed by atoms with Crippen LogP contribution in [0.2, 0.25) is 0 Å². The molecule has 3 heteroatoms. The van der Waals surface area contributed by atoms with Crippen molar-refractivity contribution in [3.63, 3.8) is 0 Å². The van der Waals surface area contributed by atoms with Gasteiger partial charge >= 0.3 is 0 Å². The molecule has 0 aliphatic rings. The number of allylic oxidation sites excluding steroid dienone is 1. The van der Waals surface area contributed by atoms with E-state index >= 15 is 0 Å². The number of rotatable bonds is 8. The molecule has 126 valence electrons. The molecule has 0 amide bonds. The van der Waals surface area contributed by atoms with Crippen molar-refractivity contribution in [2.45, 2.75) is 49.3 Å². The van der Waals surface area contributed by atoms with Gasteiger partial charge in [-0.25, -0.2) is 0 Å². The topological polar surface area (TPSA) is 17.1 Å². The van der Waals surface area contributed by atoms with Gasteiger partial charge in [-0.1, -0.05) is 74.8 Å². The number of thioether (sulfide) groups is 2. The van der Waals surface area contributed by atoms with E-state index in [9.17, 15) is 4.79 Å². The molecule has 0 radical (unpaired) electrons. The second-order valence-electron chi connectivity index (χ2n) is 5.52. The van der Waals surface area contributed by atoms with Crippen molar-refractivity contribution in [2.24, 2.45) is 0 Å². The van der Waals surface area contributed by atoms with Crippen LogP contribution in [0.5, 0.6) is 0 Å². The maximum Gasteiger partial charge on any atom is 0.220 e. The minimum absolute atomic E-state index is 0.190. The SMILES string of the molecule is CCC/C(Sc1ccccc1)=C(/CCC)C(=O)Sc1ccccc1. The molecule has 0 saturated heterocycles. The molecule has 0 spiro atoms. The van der Waals surface area contributed by atoms with E-state index in [1.165, 1.54) is 21.6 Å². The molecule has 2 aromatic carbocycles. The summed E-state index contributed by atoms with van der Waals surface area (Å²) in [6.45, 7) is 4.31. The van der Waals surface area contributed by atoms with Crippen LogP contribution in [0, 0.1) is 0 Å². The van der Waals surface area contributed by atoms with Crippen molar-refractivity contribution in [2.75, 3.05) is 0 Å².